The van der Waals surface area contributed by atoms with Crippen LogP contribution in [0.15, 0.2) is 47.4 Å². The first-order valence-electron chi connectivity index (χ1n) is 9.46. The van der Waals surface area contributed by atoms with Gasteiger partial charge in [-0.15, -0.1) is 0 Å². The monoisotopic (exact) mass is 435 g/mol. The van der Waals surface area contributed by atoms with Crippen LogP contribution in [-0.4, -0.2) is 54.6 Å². The number of hydrogen-bond donors (Lipinski definition) is 0. The lowest BCUT2D eigenvalue weighted by atomic mass is 10.1. The summed E-state index contributed by atoms with van der Waals surface area (Å²) in [5, 5.41) is 11.0. The highest BCUT2D eigenvalue weighted by Crippen LogP contribution is 2.25. The van der Waals surface area contributed by atoms with Gasteiger partial charge in [0.25, 0.3) is 5.69 Å². The molecule has 10 heteroatoms. The minimum absolute atomic E-state index is 0.0948. The molecule has 1 aliphatic rings. The number of nitro benzene ring substituents is 1. The van der Waals surface area contributed by atoms with Gasteiger partial charge in [-0.05, 0) is 36.6 Å². The molecule has 3 rings (SSSR count). The maximum Gasteiger partial charge on any atom is 0.270 e. The molecule has 2 aromatic rings. The Hall–Kier alpha value is -2.85. The minimum Gasteiger partial charge on any atom is -0.340 e. The van der Waals surface area contributed by atoms with Gasteiger partial charge in [0.1, 0.15) is 5.82 Å². The minimum atomic E-state index is -3.91. The van der Waals surface area contributed by atoms with Gasteiger partial charge in [-0.1, -0.05) is 18.2 Å². The maximum absolute atomic E-state index is 13.2. The van der Waals surface area contributed by atoms with Gasteiger partial charge < -0.3 is 4.90 Å². The molecule has 0 atom stereocenters. The van der Waals surface area contributed by atoms with Crippen LogP contribution in [0.1, 0.15) is 17.5 Å². The third kappa shape index (κ3) is 4.82. The lowest BCUT2D eigenvalue weighted by Gasteiger charge is -2.34. The summed E-state index contributed by atoms with van der Waals surface area (Å²) in [6.45, 7) is 2.26. The van der Waals surface area contributed by atoms with Crippen molar-refractivity contribution in [1.82, 2.24) is 9.21 Å². The van der Waals surface area contributed by atoms with Crippen molar-refractivity contribution in [2.75, 3.05) is 26.2 Å². The van der Waals surface area contributed by atoms with Crippen LogP contribution in [0.3, 0.4) is 0 Å². The highest BCUT2D eigenvalue weighted by atomic mass is 32.2. The summed E-state index contributed by atoms with van der Waals surface area (Å²) in [4.78, 5) is 24.3. The molecule has 0 saturated carbocycles. The zero-order chi connectivity index (χ0) is 21.9. The fourth-order valence-corrected chi connectivity index (χ4v) is 5.07. The van der Waals surface area contributed by atoms with Gasteiger partial charge >= 0.3 is 0 Å². The predicted octanol–water partition coefficient (Wildman–Crippen LogP) is 2.51. The molecule has 8 nitrogen and oxygen atoms in total. The number of nitro groups is 1. The van der Waals surface area contributed by atoms with Crippen LogP contribution < -0.4 is 0 Å². The number of sulfonamides is 1. The number of carbonyl (C=O) groups excluding carboxylic acids is 1. The van der Waals surface area contributed by atoms with Crippen molar-refractivity contribution in [3.63, 3.8) is 0 Å². The summed E-state index contributed by atoms with van der Waals surface area (Å²) in [5.41, 5.74) is 0.866. The van der Waals surface area contributed by atoms with Crippen LogP contribution in [0.5, 0.6) is 0 Å². The number of nitrogens with zero attached hydrogens (tertiary/aromatic N) is 3. The van der Waals surface area contributed by atoms with E-state index in [0.29, 0.717) is 12.0 Å². The summed E-state index contributed by atoms with van der Waals surface area (Å²) in [7, 11) is -3.91. The smallest absolute Gasteiger partial charge is 0.270 e. The number of piperazine rings is 1. The number of amides is 1. The molecule has 1 heterocycles. The largest absolute Gasteiger partial charge is 0.340 e. The van der Waals surface area contributed by atoms with E-state index in [0.717, 1.165) is 11.6 Å². The van der Waals surface area contributed by atoms with E-state index in [1.165, 1.54) is 28.6 Å². The molecule has 0 aliphatic carbocycles. The lowest BCUT2D eigenvalue weighted by Crippen LogP contribution is -2.50. The Balaban J connectivity index is 1.62. The van der Waals surface area contributed by atoms with Gasteiger partial charge in [0.05, 0.1) is 9.82 Å². The number of aryl methyl sites for hydroxylation is 2. The first-order valence-corrected chi connectivity index (χ1v) is 10.9. The Morgan fingerprint density at radius 1 is 1.13 bits per heavy atom. The summed E-state index contributed by atoms with van der Waals surface area (Å²) < 4.78 is 40.4. The molecular formula is C20H22FN3O5S. The molecule has 1 amide bonds. The van der Waals surface area contributed by atoms with E-state index in [1.807, 2.05) is 0 Å². The standard InChI is InChI=1S/C20H22FN3O5S/c1-15-5-7-18(24(26)27)14-19(15)30(28,29)23-11-9-22(10-12-23)20(25)8-6-16-3-2-4-17(21)13-16/h2-5,7,13-14H,6,8-12H2,1H3. The topological polar surface area (TPSA) is 101 Å². The molecule has 1 fully saturated rings. The van der Waals surface area contributed by atoms with E-state index < -0.39 is 14.9 Å². The molecular weight excluding hydrogens is 413 g/mol. The summed E-state index contributed by atoms with van der Waals surface area (Å²) >= 11 is 0. The van der Waals surface area contributed by atoms with Crippen LogP contribution in [-0.2, 0) is 21.2 Å². The van der Waals surface area contributed by atoms with E-state index in [1.54, 1.807) is 24.0 Å². The first-order chi connectivity index (χ1) is 14.2. The Bertz CT molecular complexity index is 1070. The van der Waals surface area contributed by atoms with Gasteiger partial charge in [-0.3, -0.25) is 14.9 Å². The SMILES string of the molecule is Cc1ccc([N+](=O)[O-])cc1S(=O)(=O)N1CCN(C(=O)CCc2cccc(F)c2)CC1. The van der Waals surface area contributed by atoms with Crippen molar-refractivity contribution in [2.45, 2.75) is 24.7 Å². The molecule has 2 aromatic carbocycles. The van der Waals surface area contributed by atoms with Gasteiger partial charge in [0, 0.05) is 44.7 Å². The third-order valence-corrected chi connectivity index (χ3v) is 7.15. The zero-order valence-electron chi connectivity index (χ0n) is 16.5. The van der Waals surface area contributed by atoms with Crippen molar-refractivity contribution in [3.05, 3.63) is 69.5 Å². The Kier molecular flexibility index (Phi) is 6.47. The highest BCUT2D eigenvalue weighted by molar-refractivity contribution is 7.89. The van der Waals surface area contributed by atoms with Crippen LogP contribution in [0.25, 0.3) is 0 Å². The van der Waals surface area contributed by atoms with E-state index >= 15 is 0 Å². The Morgan fingerprint density at radius 3 is 2.47 bits per heavy atom. The molecule has 1 aliphatic heterocycles. The molecule has 160 valence electrons. The number of hydrogen-bond acceptors (Lipinski definition) is 5. The van der Waals surface area contributed by atoms with Crippen molar-refractivity contribution in [2.24, 2.45) is 0 Å². The summed E-state index contributed by atoms with van der Waals surface area (Å²) in [5.74, 6) is -0.474. The second-order valence-corrected chi connectivity index (χ2v) is 9.03. The van der Waals surface area contributed by atoms with Gasteiger partial charge in [-0.25, -0.2) is 12.8 Å². The van der Waals surface area contributed by atoms with Crippen LogP contribution in [0.2, 0.25) is 0 Å². The fourth-order valence-electron chi connectivity index (χ4n) is 3.40. The summed E-state index contributed by atoms with van der Waals surface area (Å²) in [6.07, 6.45) is 0.613. The van der Waals surface area contributed by atoms with E-state index in [4.69, 9.17) is 0 Å². The van der Waals surface area contributed by atoms with E-state index in [-0.39, 0.29) is 54.9 Å². The Labute approximate surface area is 174 Å². The second-order valence-electron chi connectivity index (χ2n) is 7.12. The molecule has 1 saturated heterocycles. The van der Waals surface area contributed by atoms with Crippen LogP contribution >= 0.6 is 0 Å². The van der Waals surface area contributed by atoms with Crippen LogP contribution in [0.4, 0.5) is 10.1 Å². The molecule has 0 radical (unpaired) electrons. The molecule has 0 unspecified atom stereocenters. The fraction of sp³-hybridized carbons (Fsp3) is 0.350. The quantitative estimate of drug-likeness (QED) is 0.513. The number of rotatable bonds is 6. The number of halogens is 1. The van der Waals surface area contributed by atoms with Gasteiger partial charge in [0.15, 0.2) is 0 Å². The number of carbonyl (C=O) groups is 1. The zero-order valence-corrected chi connectivity index (χ0v) is 17.3. The molecule has 0 aromatic heterocycles. The van der Waals surface area contributed by atoms with Crippen molar-refractivity contribution >= 4 is 21.6 Å². The third-order valence-electron chi connectivity index (χ3n) is 5.11. The number of benzene rings is 2. The van der Waals surface area contributed by atoms with Crippen LogP contribution in [0, 0.1) is 22.9 Å². The highest BCUT2D eigenvalue weighted by Gasteiger charge is 2.32. The average Bonchev–Trinajstić information content (AvgIpc) is 2.72. The van der Waals surface area contributed by atoms with E-state index in [2.05, 4.69) is 0 Å². The molecule has 0 spiro atoms. The van der Waals surface area contributed by atoms with Crippen molar-refractivity contribution in [3.8, 4) is 0 Å². The van der Waals surface area contributed by atoms with E-state index in [9.17, 15) is 27.7 Å². The molecule has 0 N–H and O–H groups in total. The average molecular weight is 435 g/mol. The molecule has 0 bridgehead atoms. The summed E-state index contributed by atoms with van der Waals surface area (Å²) in [6, 6.07) is 9.83. The van der Waals surface area contributed by atoms with Crippen molar-refractivity contribution in [1.29, 1.82) is 0 Å². The predicted molar refractivity (Wildman–Crippen MR) is 108 cm³/mol. The lowest BCUT2D eigenvalue weighted by molar-refractivity contribution is -0.385. The second kappa shape index (κ2) is 8.88. The Morgan fingerprint density at radius 2 is 1.83 bits per heavy atom. The van der Waals surface area contributed by atoms with Crippen molar-refractivity contribution < 1.29 is 22.5 Å². The van der Waals surface area contributed by atoms with Gasteiger partial charge in [-0.2, -0.15) is 4.31 Å². The maximum atomic E-state index is 13.2. The molecule has 30 heavy (non-hydrogen) atoms. The van der Waals surface area contributed by atoms with Gasteiger partial charge in [0.2, 0.25) is 15.9 Å². The normalized spacial score (nSPS) is 15.2. The first kappa shape index (κ1) is 21.8. The number of non-ortho nitro benzene ring substituents is 1.